The van der Waals surface area contributed by atoms with Gasteiger partial charge in [-0.2, -0.15) is 0 Å². The van der Waals surface area contributed by atoms with Crippen molar-refractivity contribution in [2.24, 2.45) is 0 Å². The van der Waals surface area contributed by atoms with E-state index in [2.05, 4.69) is 9.88 Å². The molecule has 7 heteroatoms. The van der Waals surface area contributed by atoms with Crippen molar-refractivity contribution in [2.45, 2.75) is 0 Å². The van der Waals surface area contributed by atoms with Crippen LogP contribution in [-0.4, -0.2) is 48.6 Å². The number of halogens is 1. The van der Waals surface area contributed by atoms with Crippen LogP contribution in [0.2, 0.25) is 5.02 Å². The van der Waals surface area contributed by atoms with Crippen molar-refractivity contribution >= 4 is 23.2 Å². The van der Waals surface area contributed by atoms with Crippen LogP contribution in [0.1, 0.15) is 0 Å². The van der Waals surface area contributed by atoms with Gasteiger partial charge in [-0.05, 0) is 42.5 Å². The number of rotatable bonds is 6. The van der Waals surface area contributed by atoms with Crippen molar-refractivity contribution in [3.63, 3.8) is 0 Å². The number of ether oxygens (including phenoxy) is 2. The molecule has 0 N–H and O–H groups in total. The van der Waals surface area contributed by atoms with E-state index in [4.69, 9.17) is 21.1 Å². The molecule has 1 aromatic heterocycles. The van der Waals surface area contributed by atoms with Gasteiger partial charge in [0.05, 0.1) is 10.7 Å². The Kier molecular flexibility index (Phi) is 6.35. The minimum absolute atomic E-state index is 0.00649. The number of piperazine rings is 1. The minimum Gasteiger partial charge on any atom is -0.484 e. The zero-order valence-electron chi connectivity index (χ0n) is 16.4. The SMILES string of the molecule is O=C(COc1ccc(Oc2ccccn2)cc1)N1CCN(c2ccccc2Cl)CC1. The molecule has 154 valence electrons. The topological polar surface area (TPSA) is 54.9 Å². The Morgan fingerprint density at radius 3 is 2.30 bits per heavy atom. The van der Waals surface area contributed by atoms with Gasteiger partial charge in [0.2, 0.25) is 5.88 Å². The number of carbonyl (C=O) groups is 1. The van der Waals surface area contributed by atoms with E-state index in [1.54, 1.807) is 36.5 Å². The third-order valence-corrected chi connectivity index (χ3v) is 5.19. The predicted octanol–water partition coefficient (Wildman–Crippen LogP) is 4.25. The van der Waals surface area contributed by atoms with E-state index in [0.717, 1.165) is 23.8 Å². The molecule has 0 aliphatic carbocycles. The van der Waals surface area contributed by atoms with Crippen LogP contribution in [-0.2, 0) is 4.79 Å². The van der Waals surface area contributed by atoms with Crippen LogP contribution in [0.3, 0.4) is 0 Å². The first-order chi connectivity index (χ1) is 14.7. The summed E-state index contributed by atoms with van der Waals surface area (Å²) in [6, 6.07) is 20.4. The van der Waals surface area contributed by atoms with E-state index in [1.165, 1.54) is 0 Å². The number of amides is 1. The van der Waals surface area contributed by atoms with Gasteiger partial charge in [-0.15, -0.1) is 0 Å². The molecule has 2 heterocycles. The third kappa shape index (κ3) is 5.02. The fourth-order valence-corrected chi connectivity index (χ4v) is 3.53. The monoisotopic (exact) mass is 423 g/mol. The van der Waals surface area contributed by atoms with Crippen molar-refractivity contribution in [1.29, 1.82) is 0 Å². The Labute approximate surface area is 180 Å². The minimum atomic E-state index is -0.0254. The molecule has 6 nitrogen and oxygen atoms in total. The third-order valence-electron chi connectivity index (χ3n) is 4.87. The summed E-state index contributed by atoms with van der Waals surface area (Å²) in [5.41, 5.74) is 1.01. The van der Waals surface area contributed by atoms with E-state index in [9.17, 15) is 4.79 Å². The highest BCUT2D eigenvalue weighted by Crippen LogP contribution is 2.26. The Morgan fingerprint density at radius 1 is 0.900 bits per heavy atom. The molecule has 1 fully saturated rings. The average Bonchev–Trinajstić information content (AvgIpc) is 2.80. The van der Waals surface area contributed by atoms with Crippen molar-refractivity contribution < 1.29 is 14.3 Å². The number of hydrogen-bond donors (Lipinski definition) is 0. The van der Waals surface area contributed by atoms with Crippen LogP contribution >= 0.6 is 11.6 Å². The van der Waals surface area contributed by atoms with E-state index < -0.39 is 0 Å². The van der Waals surface area contributed by atoms with Crippen molar-refractivity contribution in [1.82, 2.24) is 9.88 Å². The Hall–Kier alpha value is -3.25. The maximum atomic E-state index is 12.5. The number of pyridine rings is 1. The highest BCUT2D eigenvalue weighted by Gasteiger charge is 2.22. The molecule has 2 aromatic carbocycles. The number of para-hydroxylation sites is 1. The summed E-state index contributed by atoms with van der Waals surface area (Å²) in [4.78, 5) is 20.7. The quantitative estimate of drug-likeness (QED) is 0.593. The lowest BCUT2D eigenvalue weighted by Gasteiger charge is -2.36. The van der Waals surface area contributed by atoms with Gasteiger partial charge in [0, 0.05) is 38.4 Å². The molecule has 0 spiro atoms. The molecule has 1 aliphatic rings. The zero-order chi connectivity index (χ0) is 20.8. The number of hydrogen-bond acceptors (Lipinski definition) is 5. The van der Waals surface area contributed by atoms with Crippen molar-refractivity contribution in [3.05, 3.63) is 77.9 Å². The number of anilines is 1. The molecule has 1 amide bonds. The Morgan fingerprint density at radius 2 is 1.60 bits per heavy atom. The smallest absolute Gasteiger partial charge is 0.260 e. The summed E-state index contributed by atoms with van der Waals surface area (Å²) in [5.74, 6) is 1.77. The number of carbonyl (C=O) groups excluding carboxylic acids is 1. The lowest BCUT2D eigenvalue weighted by atomic mass is 10.2. The van der Waals surface area contributed by atoms with Gasteiger partial charge in [0.25, 0.3) is 5.91 Å². The molecule has 0 bridgehead atoms. The molecule has 0 radical (unpaired) electrons. The van der Waals surface area contributed by atoms with E-state index in [1.807, 2.05) is 41.3 Å². The van der Waals surface area contributed by atoms with Crippen LogP contribution < -0.4 is 14.4 Å². The predicted molar refractivity (Wildman–Crippen MR) is 116 cm³/mol. The lowest BCUT2D eigenvalue weighted by Crippen LogP contribution is -2.50. The van der Waals surface area contributed by atoms with Gasteiger partial charge in [-0.25, -0.2) is 4.98 Å². The first-order valence-corrected chi connectivity index (χ1v) is 10.2. The second-order valence-corrected chi connectivity index (χ2v) is 7.26. The first kappa shape index (κ1) is 20.0. The second-order valence-electron chi connectivity index (χ2n) is 6.85. The summed E-state index contributed by atoms with van der Waals surface area (Å²) in [7, 11) is 0. The molecule has 0 unspecified atom stereocenters. The average molecular weight is 424 g/mol. The summed E-state index contributed by atoms with van der Waals surface area (Å²) in [6.45, 7) is 2.78. The van der Waals surface area contributed by atoms with Crippen LogP contribution in [0.4, 0.5) is 5.69 Å². The molecule has 1 saturated heterocycles. The molecular formula is C23H22ClN3O3. The fraction of sp³-hybridized carbons (Fsp3) is 0.217. The van der Waals surface area contributed by atoms with E-state index in [-0.39, 0.29) is 12.5 Å². The normalized spacial score (nSPS) is 13.8. The van der Waals surface area contributed by atoms with Gasteiger partial charge in [0.1, 0.15) is 11.5 Å². The number of nitrogens with zero attached hydrogens (tertiary/aromatic N) is 3. The Balaban J connectivity index is 1.24. The number of benzene rings is 2. The second kappa shape index (κ2) is 9.50. The van der Waals surface area contributed by atoms with Crippen LogP contribution in [0.15, 0.2) is 72.9 Å². The van der Waals surface area contributed by atoms with Crippen molar-refractivity contribution in [2.75, 3.05) is 37.7 Å². The maximum Gasteiger partial charge on any atom is 0.260 e. The molecule has 1 aliphatic heterocycles. The Bertz CT molecular complexity index is 974. The van der Waals surface area contributed by atoms with E-state index >= 15 is 0 Å². The molecule has 3 aromatic rings. The van der Waals surface area contributed by atoms with E-state index in [0.29, 0.717) is 30.5 Å². The summed E-state index contributed by atoms with van der Waals surface area (Å²) < 4.78 is 11.3. The molecular weight excluding hydrogens is 402 g/mol. The van der Waals surface area contributed by atoms with Crippen LogP contribution in [0, 0.1) is 0 Å². The maximum absolute atomic E-state index is 12.5. The highest BCUT2D eigenvalue weighted by molar-refractivity contribution is 6.33. The van der Waals surface area contributed by atoms with Gasteiger partial charge in [-0.1, -0.05) is 29.8 Å². The molecule has 0 atom stereocenters. The largest absolute Gasteiger partial charge is 0.484 e. The summed E-state index contributed by atoms with van der Waals surface area (Å²) >= 11 is 6.28. The molecule has 30 heavy (non-hydrogen) atoms. The van der Waals surface area contributed by atoms with Gasteiger partial charge in [-0.3, -0.25) is 4.79 Å². The zero-order valence-corrected chi connectivity index (χ0v) is 17.2. The van der Waals surface area contributed by atoms with Gasteiger partial charge < -0.3 is 19.3 Å². The summed E-state index contributed by atoms with van der Waals surface area (Å²) in [5, 5.41) is 0.732. The molecule has 0 saturated carbocycles. The molecule has 4 rings (SSSR count). The first-order valence-electron chi connectivity index (χ1n) is 9.78. The van der Waals surface area contributed by atoms with Gasteiger partial charge >= 0.3 is 0 Å². The standard InChI is InChI=1S/C23H22ClN3O3/c24-20-5-1-2-6-21(20)26-13-15-27(16-14-26)23(28)17-29-18-8-10-19(11-9-18)30-22-7-3-4-12-25-22/h1-12H,13-17H2. The lowest BCUT2D eigenvalue weighted by molar-refractivity contribution is -0.133. The van der Waals surface area contributed by atoms with Crippen molar-refractivity contribution in [3.8, 4) is 17.4 Å². The highest BCUT2D eigenvalue weighted by atomic mass is 35.5. The fourth-order valence-electron chi connectivity index (χ4n) is 3.27. The van der Waals surface area contributed by atoms with Gasteiger partial charge in [0.15, 0.2) is 6.61 Å². The van der Waals surface area contributed by atoms with Crippen LogP contribution in [0.25, 0.3) is 0 Å². The summed E-state index contributed by atoms with van der Waals surface area (Å²) in [6.07, 6.45) is 1.67. The van der Waals surface area contributed by atoms with Crippen LogP contribution in [0.5, 0.6) is 17.4 Å². The number of aromatic nitrogens is 1.